The lowest BCUT2D eigenvalue weighted by atomic mass is 9.96. The van der Waals surface area contributed by atoms with E-state index in [1.54, 1.807) is 14.2 Å². The van der Waals surface area contributed by atoms with Crippen LogP contribution in [0, 0.1) is 19.8 Å². The van der Waals surface area contributed by atoms with Crippen molar-refractivity contribution in [3.8, 4) is 22.9 Å². The lowest BCUT2D eigenvalue weighted by Gasteiger charge is -2.29. The molecule has 1 saturated heterocycles. The Hall–Kier alpha value is -3.55. The minimum absolute atomic E-state index is 0.0406. The molecule has 1 aliphatic heterocycles. The average Bonchev–Trinajstić information content (AvgIpc) is 3.31. The molecule has 8 nitrogen and oxygen atoms in total. The van der Waals surface area contributed by atoms with Crippen molar-refractivity contribution in [2.75, 3.05) is 37.5 Å². The highest BCUT2D eigenvalue weighted by Crippen LogP contribution is 2.32. The predicted molar refractivity (Wildman–Crippen MR) is 122 cm³/mol. The minimum Gasteiger partial charge on any atom is -0.493 e. The molecular weight excluding hydrogens is 408 g/mol. The highest BCUT2D eigenvalue weighted by Gasteiger charge is 2.28. The van der Waals surface area contributed by atoms with E-state index in [-0.39, 0.29) is 11.8 Å². The quantitative estimate of drug-likeness (QED) is 0.619. The van der Waals surface area contributed by atoms with Crippen molar-refractivity contribution in [1.82, 2.24) is 10.1 Å². The minimum atomic E-state index is -0.0406. The number of carbonyl (C=O) groups is 1. The fraction of sp³-hybridized carbons (Fsp3) is 0.375. The van der Waals surface area contributed by atoms with Gasteiger partial charge in [0.1, 0.15) is 0 Å². The molecule has 3 aromatic rings. The summed E-state index contributed by atoms with van der Waals surface area (Å²) in [5.74, 6) is 1.74. The van der Waals surface area contributed by atoms with Crippen LogP contribution in [-0.2, 0) is 4.79 Å². The zero-order valence-corrected chi connectivity index (χ0v) is 18.8. The molecule has 0 atom stereocenters. The maximum absolute atomic E-state index is 12.7. The number of benzene rings is 2. The molecule has 0 unspecified atom stereocenters. The molecule has 1 aromatic heterocycles. The van der Waals surface area contributed by atoms with Crippen molar-refractivity contribution in [2.45, 2.75) is 26.7 Å². The molecule has 0 aliphatic carbocycles. The third-order valence-corrected chi connectivity index (χ3v) is 5.97. The SMILES string of the molecule is COc1ccc(-c2noc(N3CCC(C(=O)Nc4ccc(C)c(C)c4)CC3)n2)cc1OC. The Bertz CT molecular complexity index is 1100. The summed E-state index contributed by atoms with van der Waals surface area (Å²) in [5, 5.41) is 7.16. The topological polar surface area (TPSA) is 89.7 Å². The first-order valence-corrected chi connectivity index (χ1v) is 10.7. The molecule has 2 aromatic carbocycles. The number of piperidine rings is 1. The van der Waals surface area contributed by atoms with Gasteiger partial charge in [-0.2, -0.15) is 4.98 Å². The summed E-state index contributed by atoms with van der Waals surface area (Å²) in [6.07, 6.45) is 1.45. The lowest BCUT2D eigenvalue weighted by Crippen LogP contribution is -2.38. The highest BCUT2D eigenvalue weighted by atomic mass is 16.5. The van der Waals surface area contributed by atoms with Gasteiger partial charge >= 0.3 is 6.01 Å². The van der Waals surface area contributed by atoms with Crippen LogP contribution in [0.25, 0.3) is 11.4 Å². The molecule has 8 heteroatoms. The number of nitrogens with zero attached hydrogens (tertiary/aromatic N) is 3. The number of anilines is 2. The van der Waals surface area contributed by atoms with Crippen LogP contribution in [0.4, 0.5) is 11.7 Å². The monoisotopic (exact) mass is 436 g/mol. The van der Waals surface area contributed by atoms with Crippen LogP contribution in [0.3, 0.4) is 0 Å². The van der Waals surface area contributed by atoms with Gasteiger partial charge in [0.25, 0.3) is 0 Å². The molecule has 1 amide bonds. The first-order valence-electron chi connectivity index (χ1n) is 10.7. The van der Waals surface area contributed by atoms with E-state index in [1.165, 1.54) is 11.1 Å². The molecule has 168 valence electrons. The second kappa shape index (κ2) is 9.30. The van der Waals surface area contributed by atoms with Crippen molar-refractivity contribution < 1.29 is 18.8 Å². The van der Waals surface area contributed by atoms with Crippen LogP contribution in [-0.4, -0.2) is 43.4 Å². The molecular formula is C24H28N4O4. The molecule has 32 heavy (non-hydrogen) atoms. The lowest BCUT2D eigenvalue weighted by molar-refractivity contribution is -0.120. The summed E-state index contributed by atoms with van der Waals surface area (Å²) >= 11 is 0. The normalized spacial score (nSPS) is 14.3. The molecule has 0 saturated carbocycles. The number of carbonyl (C=O) groups excluding carboxylic acids is 1. The van der Waals surface area contributed by atoms with E-state index in [9.17, 15) is 4.79 Å². The smallest absolute Gasteiger partial charge is 0.324 e. The van der Waals surface area contributed by atoms with Crippen molar-refractivity contribution in [2.24, 2.45) is 5.92 Å². The van der Waals surface area contributed by atoms with Gasteiger partial charge in [0.15, 0.2) is 11.5 Å². The second-order valence-corrected chi connectivity index (χ2v) is 8.02. The molecule has 1 fully saturated rings. The van der Waals surface area contributed by atoms with E-state index in [4.69, 9.17) is 14.0 Å². The van der Waals surface area contributed by atoms with E-state index >= 15 is 0 Å². The van der Waals surface area contributed by atoms with Crippen molar-refractivity contribution in [3.05, 3.63) is 47.5 Å². The van der Waals surface area contributed by atoms with E-state index in [0.717, 1.165) is 24.1 Å². The number of amides is 1. The summed E-state index contributed by atoms with van der Waals surface area (Å²) in [6.45, 7) is 5.46. The Morgan fingerprint density at radius 3 is 2.47 bits per heavy atom. The summed E-state index contributed by atoms with van der Waals surface area (Å²) in [5.41, 5.74) is 4.00. The maximum atomic E-state index is 12.7. The number of aryl methyl sites for hydroxylation is 2. The number of nitrogens with one attached hydrogen (secondary N) is 1. The number of rotatable bonds is 6. The molecule has 4 rings (SSSR count). The molecule has 0 spiro atoms. The van der Waals surface area contributed by atoms with Crippen LogP contribution in [0.2, 0.25) is 0 Å². The van der Waals surface area contributed by atoms with E-state index in [0.29, 0.717) is 36.4 Å². The second-order valence-electron chi connectivity index (χ2n) is 8.02. The van der Waals surface area contributed by atoms with Gasteiger partial charge in [-0.15, -0.1) is 0 Å². The van der Waals surface area contributed by atoms with E-state index in [1.807, 2.05) is 48.2 Å². The largest absolute Gasteiger partial charge is 0.493 e. The number of hydrogen-bond acceptors (Lipinski definition) is 7. The van der Waals surface area contributed by atoms with Gasteiger partial charge in [-0.3, -0.25) is 4.79 Å². The van der Waals surface area contributed by atoms with Crippen LogP contribution < -0.4 is 19.7 Å². The third kappa shape index (κ3) is 4.54. The molecule has 2 heterocycles. The van der Waals surface area contributed by atoms with Gasteiger partial charge in [0.2, 0.25) is 11.7 Å². The van der Waals surface area contributed by atoms with Crippen molar-refractivity contribution in [3.63, 3.8) is 0 Å². The first kappa shape index (κ1) is 21.7. The van der Waals surface area contributed by atoms with Crippen LogP contribution in [0.1, 0.15) is 24.0 Å². The maximum Gasteiger partial charge on any atom is 0.324 e. The molecule has 1 N–H and O–H groups in total. The van der Waals surface area contributed by atoms with Gasteiger partial charge < -0.3 is 24.2 Å². The van der Waals surface area contributed by atoms with Gasteiger partial charge in [-0.1, -0.05) is 11.2 Å². The first-order chi connectivity index (χ1) is 15.5. The Labute approximate surface area is 187 Å². The molecule has 0 bridgehead atoms. The summed E-state index contributed by atoms with van der Waals surface area (Å²) in [4.78, 5) is 19.3. The van der Waals surface area contributed by atoms with Crippen LogP contribution in [0.15, 0.2) is 40.9 Å². The molecule has 0 radical (unpaired) electrons. The average molecular weight is 437 g/mol. The fourth-order valence-corrected chi connectivity index (χ4v) is 3.83. The Morgan fingerprint density at radius 2 is 1.78 bits per heavy atom. The van der Waals surface area contributed by atoms with Gasteiger partial charge in [-0.25, -0.2) is 0 Å². The fourth-order valence-electron chi connectivity index (χ4n) is 3.83. The number of ether oxygens (including phenoxy) is 2. The van der Waals surface area contributed by atoms with Crippen LogP contribution >= 0.6 is 0 Å². The van der Waals surface area contributed by atoms with Crippen LogP contribution in [0.5, 0.6) is 11.5 Å². The zero-order valence-electron chi connectivity index (χ0n) is 18.8. The Balaban J connectivity index is 1.37. The summed E-state index contributed by atoms with van der Waals surface area (Å²) in [6, 6.07) is 11.9. The van der Waals surface area contributed by atoms with Gasteiger partial charge in [0.05, 0.1) is 14.2 Å². The Morgan fingerprint density at radius 1 is 1.03 bits per heavy atom. The highest BCUT2D eigenvalue weighted by molar-refractivity contribution is 5.92. The van der Waals surface area contributed by atoms with E-state index < -0.39 is 0 Å². The van der Waals surface area contributed by atoms with Gasteiger partial charge in [0, 0.05) is 30.3 Å². The van der Waals surface area contributed by atoms with Crippen molar-refractivity contribution in [1.29, 1.82) is 0 Å². The molecule has 1 aliphatic rings. The zero-order chi connectivity index (χ0) is 22.7. The number of methoxy groups -OCH3 is 2. The standard InChI is InChI=1S/C24H28N4O4/c1-15-5-7-19(13-16(15)2)25-23(29)17-9-11-28(12-10-17)24-26-22(27-32-24)18-6-8-20(30-3)21(14-18)31-4/h5-8,13-14,17H,9-12H2,1-4H3,(H,25,29). The third-order valence-electron chi connectivity index (χ3n) is 5.97. The van der Waals surface area contributed by atoms with Crippen molar-refractivity contribution >= 4 is 17.6 Å². The number of aromatic nitrogens is 2. The predicted octanol–water partition coefficient (Wildman–Crippen LogP) is 4.23. The Kier molecular flexibility index (Phi) is 6.30. The number of hydrogen-bond donors (Lipinski definition) is 1. The van der Waals surface area contributed by atoms with Gasteiger partial charge in [-0.05, 0) is 68.1 Å². The summed E-state index contributed by atoms with van der Waals surface area (Å²) < 4.78 is 16.1. The van der Waals surface area contributed by atoms with E-state index in [2.05, 4.69) is 22.4 Å². The summed E-state index contributed by atoms with van der Waals surface area (Å²) in [7, 11) is 3.18.